The lowest BCUT2D eigenvalue weighted by Gasteiger charge is -2.47. The molecule has 6 heteroatoms. The van der Waals surface area contributed by atoms with E-state index in [1.54, 1.807) is 6.92 Å². The van der Waals surface area contributed by atoms with Crippen LogP contribution >= 0.6 is 0 Å². The van der Waals surface area contributed by atoms with Gasteiger partial charge < -0.3 is 10.1 Å². The Morgan fingerprint density at radius 1 is 1.23 bits per heavy atom. The molecule has 0 radical (unpaired) electrons. The maximum Gasteiger partial charge on any atom is 0.418 e. The van der Waals surface area contributed by atoms with Crippen molar-refractivity contribution in [2.24, 2.45) is 5.41 Å². The molecule has 0 bridgehead atoms. The number of halogens is 3. The lowest BCUT2D eigenvalue weighted by atomic mass is 9.69. The lowest BCUT2D eigenvalue weighted by molar-refractivity contribution is -0.138. The van der Waals surface area contributed by atoms with Crippen LogP contribution in [0.3, 0.4) is 0 Å². The minimum atomic E-state index is -4.37. The third-order valence-corrected chi connectivity index (χ3v) is 4.93. The summed E-state index contributed by atoms with van der Waals surface area (Å²) in [7, 11) is 0. The third kappa shape index (κ3) is 2.93. The SMILES string of the molecule is Cc1cc(C(F)(F)F)c(C)nc1OC1CCC2(CC1)CNC2. The Kier molecular flexibility index (Phi) is 3.83. The van der Waals surface area contributed by atoms with E-state index in [0.717, 1.165) is 44.8 Å². The first-order valence-electron chi connectivity index (χ1n) is 7.72. The molecule has 1 spiro atoms. The van der Waals surface area contributed by atoms with Crippen molar-refractivity contribution in [1.82, 2.24) is 10.3 Å². The highest BCUT2D eigenvalue weighted by atomic mass is 19.4. The molecule has 122 valence electrons. The molecule has 1 saturated heterocycles. The van der Waals surface area contributed by atoms with E-state index in [2.05, 4.69) is 10.3 Å². The summed E-state index contributed by atoms with van der Waals surface area (Å²) in [6.45, 7) is 5.16. The lowest BCUT2D eigenvalue weighted by Crippen LogP contribution is -2.55. The monoisotopic (exact) mass is 314 g/mol. The van der Waals surface area contributed by atoms with Gasteiger partial charge in [-0.15, -0.1) is 0 Å². The van der Waals surface area contributed by atoms with E-state index in [1.165, 1.54) is 6.92 Å². The quantitative estimate of drug-likeness (QED) is 0.905. The molecule has 2 aliphatic rings. The number of ether oxygens (including phenoxy) is 1. The van der Waals surface area contributed by atoms with Gasteiger partial charge in [0.25, 0.3) is 0 Å². The standard InChI is InChI=1S/C16H21F3N2O/c1-10-7-13(16(17,18)19)11(2)21-14(10)22-12-3-5-15(6-4-12)8-20-9-15/h7,12,20H,3-6,8-9H2,1-2H3. The predicted molar refractivity (Wildman–Crippen MR) is 76.9 cm³/mol. The van der Waals surface area contributed by atoms with Gasteiger partial charge in [0.1, 0.15) is 6.10 Å². The molecule has 0 amide bonds. The number of pyridine rings is 1. The normalized spacial score (nSPS) is 21.7. The second kappa shape index (κ2) is 5.41. The Hall–Kier alpha value is -1.30. The Bertz CT molecular complexity index is 557. The van der Waals surface area contributed by atoms with Crippen LogP contribution in [0, 0.1) is 19.3 Å². The number of nitrogens with zero attached hydrogens (tertiary/aromatic N) is 1. The van der Waals surface area contributed by atoms with Crippen molar-refractivity contribution in [2.45, 2.75) is 51.8 Å². The average molecular weight is 314 g/mol. The van der Waals surface area contributed by atoms with Crippen LogP contribution in [-0.4, -0.2) is 24.2 Å². The summed E-state index contributed by atoms with van der Waals surface area (Å²) in [6.07, 6.45) is -0.179. The molecule has 1 aliphatic heterocycles. The van der Waals surface area contributed by atoms with Gasteiger partial charge in [0.15, 0.2) is 0 Å². The van der Waals surface area contributed by atoms with Crippen molar-refractivity contribution >= 4 is 0 Å². The summed E-state index contributed by atoms with van der Waals surface area (Å²) in [5.41, 5.74) is 0.186. The maximum absolute atomic E-state index is 12.9. The molecule has 1 saturated carbocycles. The highest BCUT2D eigenvalue weighted by molar-refractivity contribution is 5.34. The van der Waals surface area contributed by atoms with Crippen LogP contribution < -0.4 is 10.1 Å². The van der Waals surface area contributed by atoms with E-state index in [9.17, 15) is 13.2 Å². The van der Waals surface area contributed by atoms with E-state index in [-0.39, 0.29) is 11.8 Å². The molecule has 1 aromatic rings. The van der Waals surface area contributed by atoms with E-state index >= 15 is 0 Å². The Labute approximate surface area is 128 Å². The number of alkyl halides is 3. The van der Waals surface area contributed by atoms with Crippen LogP contribution in [-0.2, 0) is 6.18 Å². The zero-order valence-corrected chi connectivity index (χ0v) is 12.9. The van der Waals surface area contributed by atoms with Gasteiger partial charge >= 0.3 is 6.18 Å². The van der Waals surface area contributed by atoms with Crippen molar-refractivity contribution in [3.05, 3.63) is 22.9 Å². The molecule has 2 fully saturated rings. The molecule has 0 unspecified atom stereocenters. The highest BCUT2D eigenvalue weighted by Gasteiger charge is 2.41. The molecule has 0 atom stereocenters. The largest absolute Gasteiger partial charge is 0.474 e. The number of hydrogen-bond donors (Lipinski definition) is 1. The van der Waals surface area contributed by atoms with Gasteiger partial charge in [-0.3, -0.25) is 0 Å². The van der Waals surface area contributed by atoms with Gasteiger partial charge in [-0.25, -0.2) is 4.98 Å². The van der Waals surface area contributed by atoms with Gasteiger partial charge in [0, 0.05) is 18.7 Å². The number of aromatic nitrogens is 1. The summed E-state index contributed by atoms with van der Waals surface area (Å²) in [4.78, 5) is 4.05. The molecular formula is C16H21F3N2O. The first kappa shape index (κ1) is 15.6. The van der Waals surface area contributed by atoms with Crippen molar-refractivity contribution < 1.29 is 17.9 Å². The average Bonchev–Trinajstić information content (AvgIpc) is 2.40. The molecule has 22 heavy (non-hydrogen) atoms. The zero-order chi connectivity index (χ0) is 16.0. The van der Waals surface area contributed by atoms with Crippen LogP contribution in [0.15, 0.2) is 6.07 Å². The molecular weight excluding hydrogens is 293 g/mol. The third-order valence-electron chi connectivity index (χ3n) is 4.93. The smallest absolute Gasteiger partial charge is 0.418 e. The first-order chi connectivity index (χ1) is 10.3. The summed E-state index contributed by atoms with van der Waals surface area (Å²) in [5.74, 6) is 0.346. The van der Waals surface area contributed by atoms with Crippen LogP contribution in [0.4, 0.5) is 13.2 Å². The molecule has 1 aromatic heterocycles. The van der Waals surface area contributed by atoms with Crippen LogP contribution in [0.1, 0.15) is 42.5 Å². The Balaban J connectivity index is 1.69. The van der Waals surface area contributed by atoms with Crippen molar-refractivity contribution in [2.75, 3.05) is 13.1 Å². The molecule has 3 nitrogen and oxygen atoms in total. The maximum atomic E-state index is 12.9. The minimum Gasteiger partial charge on any atom is -0.474 e. The van der Waals surface area contributed by atoms with Crippen molar-refractivity contribution in [3.8, 4) is 5.88 Å². The molecule has 0 aromatic carbocycles. The predicted octanol–water partition coefficient (Wildman–Crippen LogP) is 3.63. The Morgan fingerprint density at radius 2 is 1.86 bits per heavy atom. The second-order valence-corrected chi connectivity index (χ2v) is 6.66. The fourth-order valence-electron chi connectivity index (χ4n) is 3.40. The van der Waals surface area contributed by atoms with E-state index in [0.29, 0.717) is 16.9 Å². The van der Waals surface area contributed by atoms with Crippen molar-refractivity contribution in [3.63, 3.8) is 0 Å². The number of rotatable bonds is 2. The Morgan fingerprint density at radius 3 is 2.36 bits per heavy atom. The topological polar surface area (TPSA) is 34.1 Å². The van der Waals surface area contributed by atoms with Gasteiger partial charge in [0.2, 0.25) is 5.88 Å². The molecule has 1 N–H and O–H groups in total. The van der Waals surface area contributed by atoms with Crippen LogP contribution in [0.5, 0.6) is 5.88 Å². The summed E-state index contributed by atoms with van der Waals surface area (Å²) in [5, 5.41) is 3.31. The summed E-state index contributed by atoms with van der Waals surface area (Å²) >= 11 is 0. The van der Waals surface area contributed by atoms with E-state index in [1.807, 2.05) is 0 Å². The van der Waals surface area contributed by atoms with Gasteiger partial charge in [-0.2, -0.15) is 13.2 Å². The van der Waals surface area contributed by atoms with E-state index in [4.69, 9.17) is 4.74 Å². The molecule has 2 heterocycles. The zero-order valence-electron chi connectivity index (χ0n) is 12.9. The number of nitrogens with one attached hydrogen (secondary N) is 1. The minimum absolute atomic E-state index is 0.0245. The molecule has 1 aliphatic carbocycles. The van der Waals surface area contributed by atoms with Crippen molar-refractivity contribution in [1.29, 1.82) is 0 Å². The van der Waals surface area contributed by atoms with E-state index < -0.39 is 11.7 Å². The van der Waals surface area contributed by atoms with Crippen LogP contribution in [0.2, 0.25) is 0 Å². The number of aryl methyl sites for hydroxylation is 2. The van der Waals surface area contributed by atoms with Gasteiger partial charge in [0.05, 0.1) is 11.3 Å². The van der Waals surface area contributed by atoms with Gasteiger partial charge in [-0.05, 0) is 51.0 Å². The van der Waals surface area contributed by atoms with Crippen LogP contribution in [0.25, 0.3) is 0 Å². The first-order valence-corrected chi connectivity index (χ1v) is 7.72. The van der Waals surface area contributed by atoms with Gasteiger partial charge in [-0.1, -0.05) is 0 Å². The summed E-state index contributed by atoms with van der Waals surface area (Å²) < 4.78 is 44.5. The molecule has 3 rings (SSSR count). The summed E-state index contributed by atoms with van der Waals surface area (Å²) in [6, 6.07) is 1.14. The fraction of sp³-hybridized carbons (Fsp3) is 0.688. The second-order valence-electron chi connectivity index (χ2n) is 6.66. The highest BCUT2D eigenvalue weighted by Crippen LogP contribution is 2.41. The fourth-order valence-corrected chi connectivity index (χ4v) is 3.40. The number of hydrogen-bond acceptors (Lipinski definition) is 3.